The summed E-state index contributed by atoms with van der Waals surface area (Å²) in [5.74, 6) is -0.565. The summed E-state index contributed by atoms with van der Waals surface area (Å²) >= 11 is 3.29. The smallest absolute Gasteiger partial charge is 0.261 e. The maximum Gasteiger partial charge on any atom is 0.261 e. The first-order chi connectivity index (χ1) is 15.4. The first-order valence-corrected chi connectivity index (χ1v) is 13.8. The van der Waals surface area contributed by atoms with Crippen molar-refractivity contribution in [1.29, 1.82) is 0 Å². The van der Waals surface area contributed by atoms with Gasteiger partial charge in [0.2, 0.25) is 15.9 Å². The third-order valence-corrected chi connectivity index (χ3v) is 7.62. The van der Waals surface area contributed by atoms with Crippen LogP contribution in [0, 0.1) is 6.92 Å². The fourth-order valence-electron chi connectivity index (χ4n) is 2.89. The third kappa shape index (κ3) is 6.80. The van der Waals surface area contributed by atoms with Crippen molar-refractivity contribution in [3.8, 4) is 0 Å². The molecule has 0 aliphatic heterocycles. The van der Waals surface area contributed by atoms with Crippen molar-refractivity contribution in [2.75, 3.05) is 27.1 Å². The predicted molar refractivity (Wildman–Crippen MR) is 133 cm³/mol. The quantitative estimate of drug-likeness (QED) is 0.440. The monoisotopic (exact) mass is 551 g/mol. The maximum absolute atomic E-state index is 12.6. The van der Waals surface area contributed by atoms with Gasteiger partial charge >= 0.3 is 0 Å². The van der Waals surface area contributed by atoms with Crippen LogP contribution in [0.5, 0.6) is 0 Å². The Morgan fingerprint density at radius 3 is 1.94 bits per heavy atom. The first kappa shape index (κ1) is 24.7. The van der Waals surface area contributed by atoms with Crippen molar-refractivity contribution in [1.82, 2.24) is 0 Å². The molecule has 0 saturated carbocycles. The van der Waals surface area contributed by atoms with Crippen molar-refractivity contribution >= 4 is 58.9 Å². The standard InChI is InChI=1S/C22H22BrN3O5S2/c1-16-3-11-20(12-4-16)26(32(2,28)29)15-22(27)24-18-9-13-21(14-10-18)33(30,31)25-19-7-5-17(23)6-8-19/h3-14,25H,15H2,1-2H3,(H,24,27). The average molecular weight is 552 g/mol. The van der Waals surface area contributed by atoms with E-state index in [4.69, 9.17) is 0 Å². The highest BCUT2D eigenvalue weighted by Crippen LogP contribution is 2.21. The number of amides is 1. The second-order valence-electron chi connectivity index (χ2n) is 7.29. The molecule has 0 aromatic heterocycles. The van der Waals surface area contributed by atoms with Crippen LogP contribution in [0.25, 0.3) is 0 Å². The number of rotatable bonds is 8. The summed E-state index contributed by atoms with van der Waals surface area (Å²) in [5.41, 5.74) is 2.08. The molecular formula is C22H22BrN3O5S2. The molecule has 0 aliphatic carbocycles. The first-order valence-electron chi connectivity index (χ1n) is 9.67. The van der Waals surface area contributed by atoms with Crippen LogP contribution >= 0.6 is 15.9 Å². The van der Waals surface area contributed by atoms with Gasteiger partial charge in [0.05, 0.1) is 16.8 Å². The number of aryl methyl sites for hydroxylation is 1. The number of carbonyl (C=O) groups is 1. The van der Waals surface area contributed by atoms with E-state index in [9.17, 15) is 21.6 Å². The van der Waals surface area contributed by atoms with Gasteiger partial charge in [-0.15, -0.1) is 0 Å². The highest BCUT2D eigenvalue weighted by molar-refractivity contribution is 9.10. The lowest BCUT2D eigenvalue weighted by Crippen LogP contribution is -2.37. The molecule has 174 valence electrons. The van der Waals surface area contributed by atoms with E-state index in [0.717, 1.165) is 20.6 Å². The average Bonchev–Trinajstić information content (AvgIpc) is 2.74. The van der Waals surface area contributed by atoms with Gasteiger partial charge in [-0.1, -0.05) is 33.6 Å². The van der Waals surface area contributed by atoms with Crippen LogP contribution in [0.3, 0.4) is 0 Å². The number of anilines is 3. The van der Waals surface area contributed by atoms with E-state index in [-0.39, 0.29) is 4.90 Å². The molecule has 0 saturated heterocycles. The second kappa shape index (κ2) is 9.94. The molecule has 0 aliphatic rings. The molecule has 11 heteroatoms. The molecule has 2 N–H and O–H groups in total. The largest absolute Gasteiger partial charge is 0.325 e. The Hall–Kier alpha value is -2.89. The molecule has 0 spiro atoms. The van der Waals surface area contributed by atoms with Gasteiger partial charge in [0.1, 0.15) is 6.54 Å². The second-order valence-corrected chi connectivity index (χ2v) is 11.8. The molecule has 0 atom stereocenters. The van der Waals surface area contributed by atoms with Crippen LogP contribution in [-0.2, 0) is 24.8 Å². The Labute approximate surface area is 201 Å². The van der Waals surface area contributed by atoms with Gasteiger partial charge in [-0.2, -0.15) is 0 Å². The fraction of sp³-hybridized carbons (Fsp3) is 0.136. The van der Waals surface area contributed by atoms with E-state index < -0.39 is 32.5 Å². The molecule has 33 heavy (non-hydrogen) atoms. The summed E-state index contributed by atoms with van der Waals surface area (Å²) in [7, 11) is -7.51. The lowest BCUT2D eigenvalue weighted by Gasteiger charge is -2.22. The predicted octanol–water partition coefficient (Wildman–Crippen LogP) is 3.96. The number of hydrogen-bond donors (Lipinski definition) is 2. The molecule has 0 unspecified atom stereocenters. The van der Waals surface area contributed by atoms with E-state index in [0.29, 0.717) is 17.1 Å². The number of nitrogens with one attached hydrogen (secondary N) is 2. The maximum atomic E-state index is 12.6. The zero-order chi connectivity index (χ0) is 24.2. The fourth-order valence-corrected chi connectivity index (χ4v) is 5.07. The van der Waals surface area contributed by atoms with Crippen LogP contribution in [0.2, 0.25) is 0 Å². The number of nitrogens with zero attached hydrogens (tertiary/aromatic N) is 1. The molecule has 0 heterocycles. The van der Waals surface area contributed by atoms with E-state index in [2.05, 4.69) is 26.0 Å². The zero-order valence-electron chi connectivity index (χ0n) is 17.8. The Balaban J connectivity index is 1.70. The minimum absolute atomic E-state index is 0.0147. The number of sulfonamides is 2. The van der Waals surface area contributed by atoms with Gasteiger partial charge < -0.3 is 5.32 Å². The highest BCUT2D eigenvalue weighted by Gasteiger charge is 2.21. The number of carbonyl (C=O) groups excluding carboxylic acids is 1. The molecule has 0 fully saturated rings. The molecule has 8 nitrogen and oxygen atoms in total. The molecule has 0 radical (unpaired) electrons. The number of benzene rings is 3. The van der Waals surface area contributed by atoms with Gasteiger partial charge in [-0.05, 0) is 67.6 Å². The lowest BCUT2D eigenvalue weighted by atomic mass is 10.2. The van der Waals surface area contributed by atoms with Crippen LogP contribution in [-0.4, -0.2) is 35.5 Å². The van der Waals surface area contributed by atoms with Crippen molar-refractivity contribution in [3.05, 3.63) is 82.8 Å². The van der Waals surface area contributed by atoms with Crippen LogP contribution in [0.1, 0.15) is 5.56 Å². The Morgan fingerprint density at radius 2 is 1.39 bits per heavy atom. The van der Waals surface area contributed by atoms with Gasteiger partial charge in [-0.25, -0.2) is 16.8 Å². The summed E-state index contributed by atoms with van der Waals surface area (Å²) in [6.45, 7) is 1.45. The molecule has 0 bridgehead atoms. The molecule has 3 rings (SSSR count). The summed E-state index contributed by atoms with van der Waals surface area (Å²) < 4.78 is 53.8. The summed E-state index contributed by atoms with van der Waals surface area (Å²) in [6, 6.07) is 19.0. The Bertz CT molecular complexity index is 1340. The van der Waals surface area contributed by atoms with E-state index in [1.54, 1.807) is 48.5 Å². The van der Waals surface area contributed by atoms with Gasteiger partial charge in [0.15, 0.2) is 0 Å². The van der Waals surface area contributed by atoms with Crippen molar-refractivity contribution in [3.63, 3.8) is 0 Å². The highest BCUT2D eigenvalue weighted by atomic mass is 79.9. The van der Waals surface area contributed by atoms with Gasteiger partial charge in [0.25, 0.3) is 10.0 Å². The molecule has 3 aromatic carbocycles. The molecule has 1 amide bonds. The van der Waals surface area contributed by atoms with Crippen molar-refractivity contribution in [2.45, 2.75) is 11.8 Å². The van der Waals surface area contributed by atoms with Crippen LogP contribution < -0.4 is 14.3 Å². The SMILES string of the molecule is Cc1ccc(N(CC(=O)Nc2ccc(S(=O)(=O)Nc3ccc(Br)cc3)cc2)S(C)(=O)=O)cc1. The molecular weight excluding hydrogens is 530 g/mol. The number of hydrogen-bond acceptors (Lipinski definition) is 5. The number of halogens is 1. The molecule has 3 aromatic rings. The van der Waals surface area contributed by atoms with E-state index >= 15 is 0 Å². The topological polar surface area (TPSA) is 113 Å². The van der Waals surface area contributed by atoms with E-state index in [1.807, 2.05) is 6.92 Å². The van der Waals surface area contributed by atoms with Crippen LogP contribution in [0.15, 0.2) is 82.2 Å². The lowest BCUT2D eigenvalue weighted by molar-refractivity contribution is -0.114. The Morgan fingerprint density at radius 1 is 0.848 bits per heavy atom. The normalized spacial score (nSPS) is 11.6. The minimum atomic E-state index is -3.81. The van der Waals surface area contributed by atoms with Crippen molar-refractivity contribution in [2.24, 2.45) is 0 Å². The van der Waals surface area contributed by atoms with Crippen LogP contribution in [0.4, 0.5) is 17.1 Å². The van der Waals surface area contributed by atoms with Gasteiger partial charge in [0, 0.05) is 15.8 Å². The van der Waals surface area contributed by atoms with Crippen molar-refractivity contribution < 1.29 is 21.6 Å². The third-order valence-electron chi connectivity index (χ3n) is 4.55. The Kier molecular flexibility index (Phi) is 7.45. The summed E-state index contributed by atoms with van der Waals surface area (Å²) in [6.07, 6.45) is 1.03. The minimum Gasteiger partial charge on any atom is -0.325 e. The summed E-state index contributed by atoms with van der Waals surface area (Å²) in [4.78, 5) is 12.5. The van der Waals surface area contributed by atoms with Gasteiger partial charge in [-0.3, -0.25) is 13.8 Å². The zero-order valence-corrected chi connectivity index (χ0v) is 21.0. The van der Waals surface area contributed by atoms with E-state index in [1.165, 1.54) is 24.3 Å². The summed E-state index contributed by atoms with van der Waals surface area (Å²) in [5, 5.41) is 2.59.